The van der Waals surface area contributed by atoms with E-state index in [0.717, 1.165) is 23.5 Å². The Morgan fingerprint density at radius 2 is 2.42 bits per heavy atom. The normalized spacial score (nSPS) is 18.6. The van der Waals surface area contributed by atoms with Gasteiger partial charge in [0.2, 0.25) is 0 Å². The minimum atomic E-state index is -0.861. The predicted molar refractivity (Wildman–Crippen MR) is 71.1 cm³/mol. The van der Waals surface area contributed by atoms with Crippen LogP contribution in [0.4, 0.5) is 4.79 Å². The van der Waals surface area contributed by atoms with Gasteiger partial charge < -0.3 is 15.3 Å². The molecule has 1 aromatic heterocycles. The second-order valence-electron chi connectivity index (χ2n) is 4.63. The van der Waals surface area contributed by atoms with Crippen LogP contribution in [-0.2, 0) is 11.3 Å². The molecule has 0 bridgehead atoms. The molecule has 2 amide bonds. The topological polar surface area (TPSA) is 82.5 Å². The number of carbonyl (C=O) groups excluding carboxylic acids is 1. The first-order chi connectivity index (χ1) is 9.06. The van der Waals surface area contributed by atoms with E-state index in [1.54, 1.807) is 4.90 Å². The van der Waals surface area contributed by atoms with Crippen molar-refractivity contribution in [3.63, 3.8) is 0 Å². The van der Waals surface area contributed by atoms with E-state index in [1.165, 1.54) is 11.3 Å². The van der Waals surface area contributed by atoms with Crippen molar-refractivity contribution in [3.05, 3.63) is 16.1 Å². The summed E-state index contributed by atoms with van der Waals surface area (Å²) in [4.78, 5) is 28.6. The largest absolute Gasteiger partial charge is 0.481 e. The SMILES string of the molecule is Cc1csc(CNC(=O)N2CCCC2CC(=O)O)n1. The summed E-state index contributed by atoms with van der Waals surface area (Å²) >= 11 is 1.51. The van der Waals surface area contributed by atoms with Crippen LogP contribution < -0.4 is 5.32 Å². The van der Waals surface area contributed by atoms with Gasteiger partial charge in [-0.3, -0.25) is 4.79 Å². The van der Waals surface area contributed by atoms with E-state index in [9.17, 15) is 9.59 Å². The summed E-state index contributed by atoms with van der Waals surface area (Å²) in [5.74, 6) is -0.861. The van der Waals surface area contributed by atoms with Crippen LogP contribution in [0, 0.1) is 6.92 Å². The highest BCUT2D eigenvalue weighted by atomic mass is 32.1. The van der Waals surface area contributed by atoms with Crippen LogP contribution in [0.1, 0.15) is 30.0 Å². The molecule has 2 rings (SSSR count). The van der Waals surface area contributed by atoms with E-state index in [-0.39, 0.29) is 18.5 Å². The quantitative estimate of drug-likeness (QED) is 0.879. The summed E-state index contributed by atoms with van der Waals surface area (Å²) < 4.78 is 0. The van der Waals surface area contributed by atoms with Gasteiger partial charge in [0.15, 0.2) is 0 Å². The van der Waals surface area contributed by atoms with E-state index in [1.807, 2.05) is 12.3 Å². The van der Waals surface area contributed by atoms with E-state index in [4.69, 9.17) is 5.11 Å². The Bertz CT molecular complexity index is 475. The molecule has 6 nitrogen and oxygen atoms in total. The molecule has 0 aliphatic carbocycles. The lowest BCUT2D eigenvalue weighted by Crippen LogP contribution is -2.43. The summed E-state index contributed by atoms with van der Waals surface area (Å²) in [6, 6.07) is -0.382. The van der Waals surface area contributed by atoms with Crippen LogP contribution in [0.15, 0.2) is 5.38 Å². The number of carbonyl (C=O) groups is 2. The van der Waals surface area contributed by atoms with Crippen molar-refractivity contribution in [1.29, 1.82) is 0 Å². The number of aliphatic carboxylic acids is 1. The van der Waals surface area contributed by atoms with Gasteiger partial charge in [-0.15, -0.1) is 11.3 Å². The molecule has 1 atom stereocenters. The predicted octanol–water partition coefficient (Wildman–Crippen LogP) is 1.60. The summed E-state index contributed by atoms with van der Waals surface area (Å²) in [5, 5.41) is 14.4. The fourth-order valence-electron chi connectivity index (χ4n) is 2.25. The monoisotopic (exact) mass is 283 g/mol. The summed E-state index contributed by atoms with van der Waals surface area (Å²) in [6.45, 7) is 2.93. The summed E-state index contributed by atoms with van der Waals surface area (Å²) in [6.07, 6.45) is 1.64. The molecule has 7 heteroatoms. The number of amides is 2. The van der Waals surface area contributed by atoms with Crippen molar-refractivity contribution in [1.82, 2.24) is 15.2 Å². The molecule has 1 unspecified atom stereocenters. The number of carboxylic acid groups (broad SMARTS) is 1. The first kappa shape index (κ1) is 13.8. The third-order valence-electron chi connectivity index (χ3n) is 3.11. The Kier molecular flexibility index (Phi) is 4.36. The number of urea groups is 1. The van der Waals surface area contributed by atoms with Gasteiger partial charge in [-0.2, -0.15) is 0 Å². The van der Waals surface area contributed by atoms with Crippen molar-refractivity contribution < 1.29 is 14.7 Å². The average Bonchev–Trinajstić information content (AvgIpc) is 2.94. The van der Waals surface area contributed by atoms with Gasteiger partial charge in [-0.1, -0.05) is 0 Å². The van der Waals surface area contributed by atoms with Crippen LogP contribution in [-0.4, -0.2) is 39.6 Å². The highest BCUT2D eigenvalue weighted by Crippen LogP contribution is 2.20. The maximum atomic E-state index is 12.0. The average molecular weight is 283 g/mol. The molecule has 19 heavy (non-hydrogen) atoms. The van der Waals surface area contributed by atoms with Gasteiger partial charge in [0, 0.05) is 23.7 Å². The lowest BCUT2D eigenvalue weighted by atomic mass is 10.1. The second kappa shape index (κ2) is 6.01. The zero-order chi connectivity index (χ0) is 13.8. The number of nitrogens with one attached hydrogen (secondary N) is 1. The molecule has 0 radical (unpaired) electrons. The van der Waals surface area contributed by atoms with E-state index < -0.39 is 5.97 Å². The van der Waals surface area contributed by atoms with Crippen molar-refractivity contribution in [2.45, 2.75) is 38.8 Å². The first-order valence-electron chi connectivity index (χ1n) is 6.23. The Morgan fingerprint density at radius 1 is 1.63 bits per heavy atom. The molecule has 2 N–H and O–H groups in total. The number of nitrogens with zero attached hydrogens (tertiary/aromatic N) is 2. The van der Waals surface area contributed by atoms with Crippen molar-refractivity contribution >= 4 is 23.3 Å². The van der Waals surface area contributed by atoms with Crippen LogP contribution >= 0.6 is 11.3 Å². The number of aryl methyl sites for hydroxylation is 1. The third kappa shape index (κ3) is 3.66. The van der Waals surface area contributed by atoms with Gasteiger partial charge in [-0.25, -0.2) is 9.78 Å². The highest BCUT2D eigenvalue weighted by molar-refractivity contribution is 7.09. The molecule has 1 aliphatic rings. The lowest BCUT2D eigenvalue weighted by molar-refractivity contribution is -0.137. The minimum absolute atomic E-state index is 0.0176. The van der Waals surface area contributed by atoms with Gasteiger partial charge >= 0.3 is 12.0 Å². The van der Waals surface area contributed by atoms with Gasteiger partial charge in [0.1, 0.15) is 5.01 Å². The fraction of sp³-hybridized carbons (Fsp3) is 0.583. The molecule has 0 aromatic carbocycles. The Balaban J connectivity index is 1.86. The number of thiazole rings is 1. The van der Waals surface area contributed by atoms with Crippen LogP contribution in [0.25, 0.3) is 0 Å². The van der Waals surface area contributed by atoms with Crippen LogP contribution in [0.3, 0.4) is 0 Å². The number of likely N-dealkylation sites (tertiary alicyclic amines) is 1. The number of hydrogen-bond acceptors (Lipinski definition) is 4. The van der Waals surface area contributed by atoms with Gasteiger partial charge in [0.05, 0.1) is 13.0 Å². The number of carboxylic acids is 1. The zero-order valence-electron chi connectivity index (χ0n) is 10.8. The fourth-order valence-corrected chi connectivity index (χ4v) is 2.97. The smallest absolute Gasteiger partial charge is 0.318 e. The number of rotatable bonds is 4. The van der Waals surface area contributed by atoms with Crippen LogP contribution in [0.5, 0.6) is 0 Å². The van der Waals surface area contributed by atoms with E-state index >= 15 is 0 Å². The molecular weight excluding hydrogens is 266 g/mol. The molecule has 1 aliphatic heterocycles. The van der Waals surface area contributed by atoms with Gasteiger partial charge in [-0.05, 0) is 19.8 Å². The molecule has 0 saturated carbocycles. The highest BCUT2D eigenvalue weighted by Gasteiger charge is 2.30. The van der Waals surface area contributed by atoms with Crippen molar-refractivity contribution in [2.75, 3.05) is 6.54 Å². The molecule has 0 spiro atoms. The number of hydrogen-bond donors (Lipinski definition) is 2. The second-order valence-corrected chi connectivity index (χ2v) is 5.57. The standard InChI is InChI=1S/C12H17N3O3S/c1-8-7-19-10(14-8)6-13-12(18)15-4-2-3-9(15)5-11(16)17/h7,9H,2-6H2,1H3,(H,13,18)(H,16,17). The molecule has 1 aromatic rings. The van der Waals surface area contributed by atoms with Crippen LogP contribution in [0.2, 0.25) is 0 Å². The Labute approximate surface area is 115 Å². The molecule has 1 fully saturated rings. The molecule has 2 heterocycles. The molecular formula is C12H17N3O3S. The summed E-state index contributed by atoms with van der Waals surface area (Å²) in [5.41, 5.74) is 0.944. The first-order valence-corrected chi connectivity index (χ1v) is 7.11. The Morgan fingerprint density at radius 3 is 3.05 bits per heavy atom. The molecule has 104 valence electrons. The van der Waals surface area contributed by atoms with Crippen molar-refractivity contribution in [3.8, 4) is 0 Å². The maximum Gasteiger partial charge on any atom is 0.318 e. The van der Waals surface area contributed by atoms with E-state index in [2.05, 4.69) is 10.3 Å². The Hall–Kier alpha value is -1.63. The van der Waals surface area contributed by atoms with Gasteiger partial charge in [0.25, 0.3) is 0 Å². The molecule has 1 saturated heterocycles. The van der Waals surface area contributed by atoms with E-state index in [0.29, 0.717) is 13.1 Å². The number of aromatic nitrogens is 1. The lowest BCUT2D eigenvalue weighted by Gasteiger charge is -2.23. The maximum absolute atomic E-state index is 12.0. The third-order valence-corrected chi connectivity index (χ3v) is 4.07. The summed E-state index contributed by atoms with van der Waals surface area (Å²) in [7, 11) is 0. The zero-order valence-corrected chi connectivity index (χ0v) is 11.6. The van der Waals surface area contributed by atoms with Crippen molar-refractivity contribution in [2.24, 2.45) is 0 Å². The minimum Gasteiger partial charge on any atom is -0.481 e.